The summed E-state index contributed by atoms with van der Waals surface area (Å²) in [7, 11) is 0. The summed E-state index contributed by atoms with van der Waals surface area (Å²) in [5.74, 6) is 2.07. The van der Waals surface area contributed by atoms with E-state index < -0.39 is 5.91 Å². The Labute approximate surface area is 183 Å². The fourth-order valence-corrected chi connectivity index (χ4v) is 3.16. The molecule has 0 aromatic heterocycles. The quantitative estimate of drug-likeness (QED) is 0.365. The minimum Gasteiger partial charge on any atom is -0.366 e. The van der Waals surface area contributed by atoms with Crippen LogP contribution >= 0.6 is 0 Å². The van der Waals surface area contributed by atoms with Crippen molar-refractivity contribution in [3.8, 4) is 18.0 Å². The van der Waals surface area contributed by atoms with E-state index >= 15 is 0 Å². The highest BCUT2D eigenvalue weighted by atomic mass is 16.2. The van der Waals surface area contributed by atoms with Crippen LogP contribution in [-0.2, 0) is 0 Å². The van der Waals surface area contributed by atoms with Gasteiger partial charge in [0.1, 0.15) is 0 Å². The minimum atomic E-state index is -0.567. The predicted octanol–water partition coefficient (Wildman–Crippen LogP) is 0.447. The highest BCUT2D eigenvalue weighted by Gasteiger charge is 2.18. The molecule has 0 saturated heterocycles. The lowest BCUT2D eigenvalue weighted by Crippen LogP contribution is -2.32. The van der Waals surface area contributed by atoms with E-state index in [1.54, 1.807) is 29.1 Å². The molecule has 1 heterocycles. The van der Waals surface area contributed by atoms with Crippen molar-refractivity contribution in [3.05, 3.63) is 99.2 Å². The summed E-state index contributed by atoms with van der Waals surface area (Å²) in [5.41, 5.74) is 8.37. The van der Waals surface area contributed by atoms with Crippen molar-refractivity contribution in [2.45, 2.75) is 6.92 Å². The number of carbonyl (C=O) groups is 2. The standard InChI is InChI=1S/C25H15N5O2/c1-16-2-7-23-22(10-16)28-15-30(23)9-8-17-11-18(14-26)13-21(12-17)29-25(32)20-5-3-19(4-6-20)24(27)31/h2-7,10-13,15H,1H3,(H-2,27,29,31,32)/p+2. The average molecular weight is 419 g/mol. The fourth-order valence-electron chi connectivity index (χ4n) is 3.16. The molecule has 4 rings (SSSR count). The zero-order valence-electron chi connectivity index (χ0n) is 17.1. The molecular formula is C25H17N5O2+2. The maximum Gasteiger partial charge on any atom is 0.537 e. The Hall–Kier alpha value is -4.97. The molecule has 0 unspecified atom stereocenters. The number of fused-ring (bicyclic) bond motifs is 1. The summed E-state index contributed by atoms with van der Waals surface area (Å²) >= 11 is 0. The number of amides is 2. The van der Waals surface area contributed by atoms with Gasteiger partial charge in [0.05, 0.1) is 11.6 Å². The molecule has 0 spiro atoms. The van der Waals surface area contributed by atoms with Gasteiger partial charge in [-0.2, -0.15) is 5.26 Å². The minimum absolute atomic E-state index is 0.313. The largest absolute Gasteiger partial charge is 0.537 e. The number of nitrogens with one attached hydrogen (secondary N) is 1. The van der Waals surface area contributed by atoms with Crippen molar-refractivity contribution in [1.82, 2.24) is 9.24 Å². The lowest BCUT2D eigenvalue weighted by Gasteiger charge is -2.07. The van der Waals surface area contributed by atoms with E-state index in [4.69, 9.17) is 5.73 Å². The number of anilines is 1. The topological polar surface area (TPSA) is 113 Å². The third-order valence-corrected chi connectivity index (χ3v) is 4.78. The Morgan fingerprint density at radius 1 is 1.00 bits per heavy atom. The molecule has 3 aromatic rings. The second kappa shape index (κ2) is 8.41. The number of primary amides is 1. The molecule has 0 atom stereocenters. The summed E-state index contributed by atoms with van der Waals surface area (Å²) in [6.45, 7) is 2.00. The summed E-state index contributed by atoms with van der Waals surface area (Å²) in [6, 6.07) is 21.9. The molecular weight excluding hydrogens is 402 g/mol. The molecule has 3 N–H and O–H groups in total. The predicted molar refractivity (Wildman–Crippen MR) is 120 cm³/mol. The number of hydrogen-bond donors (Lipinski definition) is 2. The summed E-state index contributed by atoms with van der Waals surface area (Å²) < 4.78 is 6.07. The van der Waals surface area contributed by atoms with Gasteiger partial charge in [0, 0.05) is 40.4 Å². The Bertz CT molecular complexity index is 1550. The lowest BCUT2D eigenvalue weighted by molar-refractivity contribution is 0.0995. The van der Waals surface area contributed by atoms with E-state index in [2.05, 4.69) is 28.0 Å². The van der Waals surface area contributed by atoms with Gasteiger partial charge in [0.25, 0.3) is 5.91 Å². The molecule has 32 heavy (non-hydrogen) atoms. The molecule has 0 radical (unpaired) electrons. The summed E-state index contributed by atoms with van der Waals surface area (Å²) in [6.07, 6.45) is 1.64. The molecule has 2 amide bonds. The van der Waals surface area contributed by atoms with Gasteiger partial charge in [0.2, 0.25) is 12.0 Å². The van der Waals surface area contributed by atoms with Crippen LogP contribution in [0.3, 0.4) is 0 Å². The molecule has 3 aromatic carbocycles. The Morgan fingerprint density at radius 2 is 1.72 bits per heavy atom. The Morgan fingerprint density at radius 3 is 2.44 bits per heavy atom. The SMILES string of the molecule is Cc1ccc2c(c1)=[N+]=C[N+]=2C#Cc1cc(C#N)cc(NC(=O)c2ccc(C(N)=O)cc2)c1. The number of benzene rings is 3. The molecule has 152 valence electrons. The summed E-state index contributed by atoms with van der Waals surface area (Å²) in [5, 5.41) is 13.9. The van der Waals surface area contributed by atoms with Gasteiger partial charge in [-0.25, -0.2) is 0 Å². The summed E-state index contributed by atoms with van der Waals surface area (Å²) in [4.78, 5) is 23.8. The second-order valence-corrected chi connectivity index (χ2v) is 7.15. The number of rotatable bonds is 3. The fraction of sp³-hybridized carbons (Fsp3) is 0.0400. The maximum absolute atomic E-state index is 12.6. The van der Waals surface area contributed by atoms with E-state index in [-0.39, 0.29) is 5.91 Å². The van der Waals surface area contributed by atoms with Gasteiger partial charge in [-0.1, -0.05) is 6.07 Å². The maximum atomic E-state index is 12.6. The molecule has 7 heteroatoms. The average Bonchev–Trinajstić information content (AvgIpc) is 3.19. The van der Waals surface area contributed by atoms with E-state index in [1.807, 2.05) is 25.1 Å². The number of nitrogens with two attached hydrogens (primary N) is 1. The van der Waals surface area contributed by atoms with Crippen molar-refractivity contribution in [3.63, 3.8) is 0 Å². The van der Waals surface area contributed by atoms with Crippen LogP contribution in [0.5, 0.6) is 0 Å². The molecule has 0 fully saturated rings. The van der Waals surface area contributed by atoms with Gasteiger partial charge < -0.3 is 11.1 Å². The van der Waals surface area contributed by atoms with Gasteiger partial charge in [0.15, 0.2) is 0 Å². The molecule has 0 saturated carbocycles. The molecule has 0 aliphatic carbocycles. The zero-order valence-corrected chi connectivity index (χ0v) is 17.1. The first-order chi connectivity index (χ1) is 15.4. The number of carbonyl (C=O) groups excluding carboxylic acids is 2. The Kier molecular flexibility index (Phi) is 5.34. The van der Waals surface area contributed by atoms with Gasteiger partial charge >= 0.3 is 17.1 Å². The van der Waals surface area contributed by atoms with Crippen molar-refractivity contribution in [1.29, 1.82) is 5.26 Å². The van der Waals surface area contributed by atoms with Gasteiger partial charge in [-0.3, -0.25) is 9.59 Å². The molecule has 7 nitrogen and oxygen atoms in total. The zero-order chi connectivity index (χ0) is 22.7. The highest BCUT2D eigenvalue weighted by Crippen LogP contribution is 2.16. The first-order valence-electron chi connectivity index (χ1n) is 9.65. The van der Waals surface area contributed by atoms with Crippen molar-refractivity contribution in [2.24, 2.45) is 5.73 Å². The van der Waals surface area contributed by atoms with Crippen LogP contribution in [0.15, 0.2) is 60.7 Å². The van der Waals surface area contributed by atoms with Crippen molar-refractivity contribution in [2.75, 3.05) is 5.32 Å². The van der Waals surface area contributed by atoms with E-state index in [0.717, 1.165) is 16.3 Å². The molecule has 1 aliphatic rings. The van der Waals surface area contributed by atoms with Crippen molar-refractivity contribution >= 4 is 23.8 Å². The van der Waals surface area contributed by atoms with Crippen LogP contribution in [0.25, 0.3) is 0 Å². The van der Waals surface area contributed by atoms with Gasteiger partial charge in [-0.15, -0.1) is 0 Å². The van der Waals surface area contributed by atoms with Crippen LogP contribution in [0, 0.1) is 30.2 Å². The van der Waals surface area contributed by atoms with E-state index in [0.29, 0.717) is 27.9 Å². The van der Waals surface area contributed by atoms with E-state index in [9.17, 15) is 14.9 Å². The first-order valence-corrected chi connectivity index (χ1v) is 9.65. The second-order valence-electron chi connectivity index (χ2n) is 7.15. The molecule has 0 bridgehead atoms. The van der Waals surface area contributed by atoms with Crippen LogP contribution in [0.2, 0.25) is 0 Å². The molecule has 1 aliphatic heterocycles. The number of nitriles is 1. The third-order valence-electron chi connectivity index (χ3n) is 4.78. The Balaban J connectivity index is 1.61. The lowest BCUT2D eigenvalue weighted by atomic mass is 10.1. The van der Waals surface area contributed by atoms with Gasteiger partial charge in [-0.05, 0) is 64.2 Å². The first kappa shape index (κ1) is 20.3. The van der Waals surface area contributed by atoms with Crippen LogP contribution in [0.4, 0.5) is 5.69 Å². The number of hydrogen-bond acceptors (Lipinski definition) is 3. The highest BCUT2D eigenvalue weighted by molar-refractivity contribution is 6.05. The van der Waals surface area contributed by atoms with Crippen LogP contribution in [-0.4, -0.2) is 18.2 Å². The number of aryl methyl sites for hydroxylation is 1. The van der Waals surface area contributed by atoms with Crippen LogP contribution < -0.4 is 31.0 Å². The number of nitrogens with zero attached hydrogens (tertiary/aromatic N) is 3. The third kappa shape index (κ3) is 4.29. The normalized spacial score (nSPS) is 10.9. The van der Waals surface area contributed by atoms with E-state index in [1.165, 1.54) is 24.3 Å². The smallest absolute Gasteiger partial charge is 0.366 e. The monoisotopic (exact) mass is 419 g/mol. The van der Waals surface area contributed by atoms with Crippen molar-refractivity contribution < 1.29 is 9.59 Å². The van der Waals surface area contributed by atoms with Crippen LogP contribution in [0.1, 0.15) is 37.4 Å².